The summed E-state index contributed by atoms with van der Waals surface area (Å²) in [5.41, 5.74) is 7.94. The molecule has 0 saturated carbocycles. The first-order valence-corrected chi connectivity index (χ1v) is 7.46. The zero-order valence-corrected chi connectivity index (χ0v) is 12.1. The second-order valence-corrected chi connectivity index (χ2v) is 5.79. The molecule has 1 aromatic carbocycles. The molecule has 4 heteroatoms. The summed E-state index contributed by atoms with van der Waals surface area (Å²) in [6.45, 7) is 4.84. The van der Waals surface area contributed by atoms with Gasteiger partial charge >= 0.3 is 0 Å². The predicted molar refractivity (Wildman–Crippen MR) is 78.7 cm³/mol. The maximum absolute atomic E-state index is 11.9. The lowest BCUT2D eigenvalue weighted by atomic mass is 10.1. The smallest absolute Gasteiger partial charge is 0.241 e. The van der Waals surface area contributed by atoms with Gasteiger partial charge in [-0.05, 0) is 25.2 Å². The van der Waals surface area contributed by atoms with Crippen molar-refractivity contribution in [3.05, 3.63) is 35.4 Å². The molecule has 0 fully saturated rings. The molecule has 1 aromatic rings. The molecule has 0 aliphatic heterocycles. The molecule has 18 heavy (non-hydrogen) atoms. The van der Waals surface area contributed by atoms with Gasteiger partial charge in [0.25, 0.3) is 0 Å². The third-order valence-electron chi connectivity index (χ3n) is 2.97. The number of amides is 1. The predicted octanol–water partition coefficient (Wildman–Crippen LogP) is 2.25. The average Bonchev–Trinajstić information content (AvgIpc) is 2.38. The van der Waals surface area contributed by atoms with E-state index in [1.165, 1.54) is 5.56 Å². The summed E-state index contributed by atoms with van der Waals surface area (Å²) in [6, 6.07) is 7.18. The van der Waals surface area contributed by atoms with Crippen molar-refractivity contribution in [1.29, 1.82) is 0 Å². The molecule has 100 valence electrons. The van der Waals surface area contributed by atoms with Gasteiger partial charge in [-0.2, -0.15) is 11.8 Å². The number of hydrogen-bond donors (Lipinski definition) is 2. The van der Waals surface area contributed by atoms with Crippen LogP contribution in [0.5, 0.6) is 0 Å². The molecular weight excluding hydrogens is 244 g/mol. The molecule has 0 aliphatic carbocycles. The van der Waals surface area contributed by atoms with Gasteiger partial charge in [0, 0.05) is 11.8 Å². The topological polar surface area (TPSA) is 55.1 Å². The zero-order chi connectivity index (χ0) is 13.5. The van der Waals surface area contributed by atoms with Crippen molar-refractivity contribution >= 4 is 17.7 Å². The molecule has 0 saturated heterocycles. The van der Waals surface area contributed by atoms with E-state index in [9.17, 15) is 4.79 Å². The van der Waals surface area contributed by atoms with E-state index in [1.807, 2.05) is 31.2 Å². The zero-order valence-electron chi connectivity index (χ0n) is 11.3. The number of nitrogens with two attached hydrogens (primary N) is 1. The van der Waals surface area contributed by atoms with Crippen LogP contribution in [0.1, 0.15) is 30.5 Å². The third kappa shape index (κ3) is 4.70. The summed E-state index contributed by atoms with van der Waals surface area (Å²) in [7, 11) is 0. The molecule has 0 spiro atoms. The highest BCUT2D eigenvalue weighted by atomic mass is 32.2. The van der Waals surface area contributed by atoms with Crippen LogP contribution in [-0.4, -0.2) is 24.0 Å². The Morgan fingerprint density at radius 2 is 2.00 bits per heavy atom. The van der Waals surface area contributed by atoms with Crippen molar-refractivity contribution in [3.8, 4) is 0 Å². The monoisotopic (exact) mass is 266 g/mol. The molecule has 3 N–H and O–H groups in total. The van der Waals surface area contributed by atoms with Crippen molar-refractivity contribution < 1.29 is 4.79 Å². The van der Waals surface area contributed by atoms with Crippen molar-refractivity contribution in [1.82, 2.24) is 5.32 Å². The van der Waals surface area contributed by atoms with Crippen molar-refractivity contribution in [2.24, 2.45) is 5.73 Å². The van der Waals surface area contributed by atoms with Crippen LogP contribution in [0.3, 0.4) is 0 Å². The number of nitrogens with one attached hydrogen (secondary N) is 1. The normalized spacial score (nSPS) is 14.0. The van der Waals surface area contributed by atoms with Gasteiger partial charge in [0.15, 0.2) is 0 Å². The van der Waals surface area contributed by atoms with E-state index in [0.29, 0.717) is 11.8 Å². The van der Waals surface area contributed by atoms with E-state index in [2.05, 4.69) is 18.5 Å². The molecule has 1 rings (SSSR count). The number of hydrogen-bond acceptors (Lipinski definition) is 3. The highest BCUT2D eigenvalue weighted by molar-refractivity contribution is 7.99. The van der Waals surface area contributed by atoms with Crippen LogP contribution in [0.25, 0.3) is 0 Å². The van der Waals surface area contributed by atoms with Crippen LogP contribution in [0.4, 0.5) is 0 Å². The molecule has 3 nitrogen and oxygen atoms in total. The molecule has 0 bridgehead atoms. The molecule has 2 unspecified atom stereocenters. The number of benzene rings is 1. The second kappa shape index (κ2) is 7.44. The van der Waals surface area contributed by atoms with E-state index >= 15 is 0 Å². The third-order valence-corrected chi connectivity index (χ3v) is 4.01. The van der Waals surface area contributed by atoms with E-state index < -0.39 is 6.04 Å². The molecule has 1 amide bonds. The van der Waals surface area contributed by atoms with E-state index in [1.54, 1.807) is 11.8 Å². The van der Waals surface area contributed by atoms with E-state index in [-0.39, 0.29) is 5.91 Å². The Morgan fingerprint density at radius 1 is 1.39 bits per heavy atom. The number of carbonyl (C=O) groups excluding carboxylic acids is 1. The fourth-order valence-electron chi connectivity index (χ4n) is 1.55. The molecule has 0 radical (unpaired) electrons. The molecule has 2 atom stereocenters. The van der Waals surface area contributed by atoms with Gasteiger partial charge in [-0.3, -0.25) is 4.79 Å². The average molecular weight is 266 g/mol. The highest BCUT2D eigenvalue weighted by Gasteiger charge is 2.15. The lowest BCUT2D eigenvalue weighted by Gasteiger charge is -2.14. The number of aryl methyl sites for hydroxylation is 1. The molecular formula is C14H22N2OS. The minimum absolute atomic E-state index is 0.104. The molecule has 0 heterocycles. The summed E-state index contributed by atoms with van der Waals surface area (Å²) in [5.74, 6) is -0.104. The van der Waals surface area contributed by atoms with Crippen LogP contribution >= 0.6 is 11.8 Å². The minimum Gasteiger partial charge on any atom is -0.354 e. The van der Waals surface area contributed by atoms with Crippen LogP contribution in [-0.2, 0) is 4.79 Å². The van der Waals surface area contributed by atoms with Gasteiger partial charge < -0.3 is 11.1 Å². The van der Waals surface area contributed by atoms with Crippen LogP contribution in [0.2, 0.25) is 0 Å². The fraction of sp³-hybridized carbons (Fsp3) is 0.500. The quantitative estimate of drug-likeness (QED) is 0.830. The SMILES string of the molecule is CSC(C)CCNC(=O)C(N)c1ccc(C)cc1. The number of carbonyl (C=O) groups is 1. The molecule has 0 aliphatic rings. The van der Waals surface area contributed by atoms with Gasteiger partial charge in [-0.15, -0.1) is 0 Å². The van der Waals surface area contributed by atoms with Crippen LogP contribution < -0.4 is 11.1 Å². The summed E-state index contributed by atoms with van der Waals surface area (Å²) >= 11 is 1.80. The Kier molecular flexibility index (Phi) is 6.22. The summed E-state index contributed by atoms with van der Waals surface area (Å²) in [5, 5.41) is 3.44. The van der Waals surface area contributed by atoms with Gasteiger partial charge in [0.2, 0.25) is 5.91 Å². The summed E-state index contributed by atoms with van der Waals surface area (Å²) in [6.07, 6.45) is 3.04. The molecule has 0 aromatic heterocycles. The summed E-state index contributed by atoms with van der Waals surface area (Å²) < 4.78 is 0. The first kappa shape index (κ1) is 15.1. The van der Waals surface area contributed by atoms with Crippen molar-refractivity contribution in [2.75, 3.05) is 12.8 Å². The lowest BCUT2D eigenvalue weighted by molar-refractivity contribution is -0.122. The van der Waals surface area contributed by atoms with Gasteiger partial charge in [0.1, 0.15) is 6.04 Å². The van der Waals surface area contributed by atoms with Gasteiger partial charge in [0.05, 0.1) is 0 Å². The fourth-order valence-corrected chi connectivity index (χ4v) is 1.91. The van der Waals surface area contributed by atoms with Crippen molar-refractivity contribution in [2.45, 2.75) is 31.6 Å². The first-order chi connectivity index (χ1) is 8.54. The Morgan fingerprint density at radius 3 is 2.56 bits per heavy atom. The number of rotatable bonds is 6. The van der Waals surface area contributed by atoms with E-state index in [4.69, 9.17) is 5.73 Å². The Bertz CT molecular complexity index is 378. The lowest BCUT2D eigenvalue weighted by Crippen LogP contribution is -2.35. The second-order valence-electron chi connectivity index (χ2n) is 4.51. The van der Waals surface area contributed by atoms with E-state index in [0.717, 1.165) is 12.0 Å². The van der Waals surface area contributed by atoms with Crippen molar-refractivity contribution in [3.63, 3.8) is 0 Å². The van der Waals surface area contributed by atoms with Crippen LogP contribution in [0, 0.1) is 6.92 Å². The maximum Gasteiger partial charge on any atom is 0.241 e. The maximum atomic E-state index is 11.9. The van der Waals surface area contributed by atoms with Gasteiger partial charge in [-0.1, -0.05) is 36.8 Å². The Labute approximate surface area is 114 Å². The highest BCUT2D eigenvalue weighted by Crippen LogP contribution is 2.12. The van der Waals surface area contributed by atoms with Crippen LogP contribution in [0.15, 0.2) is 24.3 Å². The number of thioether (sulfide) groups is 1. The Hall–Kier alpha value is -1.00. The minimum atomic E-state index is -0.574. The first-order valence-electron chi connectivity index (χ1n) is 6.17. The largest absolute Gasteiger partial charge is 0.354 e. The Balaban J connectivity index is 2.44. The standard InChI is InChI=1S/C14H22N2OS/c1-10-4-6-12(7-5-10)13(15)14(17)16-9-8-11(2)18-3/h4-7,11,13H,8-9,15H2,1-3H3,(H,16,17). The van der Waals surface area contributed by atoms with Gasteiger partial charge in [-0.25, -0.2) is 0 Å². The summed E-state index contributed by atoms with van der Waals surface area (Å²) in [4.78, 5) is 11.9.